The summed E-state index contributed by atoms with van der Waals surface area (Å²) < 4.78 is 29.6. The van der Waals surface area contributed by atoms with Crippen LogP contribution in [0.2, 0.25) is 0 Å². The summed E-state index contributed by atoms with van der Waals surface area (Å²) in [5.41, 5.74) is 3.06. The molecule has 0 spiro atoms. The third kappa shape index (κ3) is 5.56. The van der Waals surface area contributed by atoms with E-state index in [1.165, 1.54) is 29.4 Å². The fourth-order valence-electron chi connectivity index (χ4n) is 3.21. The van der Waals surface area contributed by atoms with Crippen molar-refractivity contribution in [2.24, 2.45) is 0 Å². The molecule has 1 N–H and O–H groups in total. The van der Waals surface area contributed by atoms with Crippen LogP contribution in [-0.4, -0.2) is 30.8 Å². The van der Waals surface area contributed by atoms with E-state index in [1.807, 2.05) is 43.3 Å². The fourth-order valence-corrected chi connectivity index (χ4v) is 5.86. The zero-order valence-corrected chi connectivity index (χ0v) is 19.9. The highest BCUT2D eigenvalue weighted by molar-refractivity contribution is 8.00. The Balaban J connectivity index is 1.49. The maximum atomic E-state index is 13.0. The number of hydrogen-bond donors (Lipinski definition) is 1. The molecule has 4 aromatic rings. The molecule has 0 aliphatic heterocycles. The number of furan rings is 1. The second-order valence-corrected chi connectivity index (χ2v) is 11.9. The first-order chi connectivity index (χ1) is 15.3. The van der Waals surface area contributed by atoms with Crippen molar-refractivity contribution in [3.05, 3.63) is 76.0 Å². The van der Waals surface area contributed by atoms with E-state index in [1.54, 1.807) is 12.1 Å². The topological polar surface area (TPSA) is 102 Å². The minimum Gasteiger partial charge on any atom is -0.451 e. The minimum atomic E-state index is -3.09. The molecule has 0 fully saturated rings. The quantitative estimate of drug-likeness (QED) is 0.368. The van der Waals surface area contributed by atoms with Gasteiger partial charge in [0.1, 0.15) is 10.6 Å². The third-order valence-corrected chi connectivity index (χ3v) is 7.51. The lowest BCUT2D eigenvalue weighted by Crippen LogP contribution is -2.23. The molecular weight excluding hydrogens is 466 g/mol. The van der Waals surface area contributed by atoms with Crippen LogP contribution in [0.25, 0.3) is 11.0 Å². The summed E-state index contributed by atoms with van der Waals surface area (Å²) >= 11 is 3.03. The Morgan fingerprint density at radius 3 is 2.50 bits per heavy atom. The van der Waals surface area contributed by atoms with E-state index in [-0.39, 0.29) is 17.4 Å². The van der Waals surface area contributed by atoms with Crippen molar-refractivity contribution in [2.75, 3.05) is 6.26 Å². The molecule has 10 heteroatoms. The summed E-state index contributed by atoms with van der Waals surface area (Å²) in [5, 5.41) is 12.9. The highest BCUT2D eigenvalue weighted by Gasteiger charge is 2.21. The number of aromatic nitrogens is 2. The normalized spacial score (nSPS) is 11.7. The molecule has 32 heavy (non-hydrogen) atoms. The van der Waals surface area contributed by atoms with E-state index >= 15 is 0 Å². The van der Waals surface area contributed by atoms with Gasteiger partial charge < -0.3 is 9.73 Å². The Morgan fingerprint density at radius 2 is 1.81 bits per heavy atom. The number of para-hydroxylation sites is 1. The Bertz CT molecular complexity index is 1360. The highest BCUT2D eigenvalue weighted by atomic mass is 32.2. The van der Waals surface area contributed by atoms with Crippen LogP contribution in [0, 0.1) is 6.92 Å². The van der Waals surface area contributed by atoms with Crippen LogP contribution in [-0.2, 0) is 27.9 Å². The summed E-state index contributed by atoms with van der Waals surface area (Å²) in [6.07, 6.45) is 1.20. The van der Waals surface area contributed by atoms with Gasteiger partial charge in [-0.25, -0.2) is 8.42 Å². The van der Waals surface area contributed by atoms with Crippen LogP contribution in [0.3, 0.4) is 0 Å². The van der Waals surface area contributed by atoms with Gasteiger partial charge >= 0.3 is 0 Å². The lowest BCUT2D eigenvalue weighted by Gasteiger charge is -2.07. The lowest BCUT2D eigenvalue weighted by atomic mass is 10.1. The van der Waals surface area contributed by atoms with Crippen molar-refractivity contribution in [1.82, 2.24) is 15.5 Å². The maximum Gasteiger partial charge on any atom is 0.287 e. The molecule has 0 aliphatic carbocycles. The second kappa shape index (κ2) is 9.43. The zero-order valence-electron chi connectivity index (χ0n) is 17.5. The number of nitrogens with one attached hydrogen (secondary N) is 1. The summed E-state index contributed by atoms with van der Waals surface area (Å²) in [5.74, 6) is 0.515. The molecule has 0 aliphatic rings. The number of sulfone groups is 1. The summed E-state index contributed by atoms with van der Waals surface area (Å²) in [4.78, 5) is 13.0. The number of aryl methyl sites for hydroxylation is 1. The average molecular weight is 488 g/mol. The van der Waals surface area contributed by atoms with Crippen molar-refractivity contribution in [3.8, 4) is 0 Å². The van der Waals surface area contributed by atoms with E-state index in [0.29, 0.717) is 23.4 Å². The van der Waals surface area contributed by atoms with E-state index < -0.39 is 9.84 Å². The average Bonchev–Trinajstić information content (AvgIpc) is 3.33. The molecule has 0 saturated carbocycles. The van der Waals surface area contributed by atoms with Crippen molar-refractivity contribution >= 4 is 49.8 Å². The number of nitrogens with zero attached hydrogens (tertiary/aromatic N) is 2. The van der Waals surface area contributed by atoms with E-state index in [9.17, 15) is 13.2 Å². The third-order valence-electron chi connectivity index (χ3n) is 4.66. The van der Waals surface area contributed by atoms with Crippen molar-refractivity contribution < 1.29 is 17.6 Å². The highest BCUT2D eigenvalue weighted by Crippen LogP contribution is 2.33. The van der Waals surface area contributed by atoms with E-state index in [0.717, 1.165) is 25.9 Å². The molecule has 7 nitrogen and oxygen atoms in total. The SMILES string of the molecule is Cc1nnc(SCc2c(C(=O)NCc3ccc(CS(C)(=O)=O)cc3)oc3ccccc23)s1. The van der Waals surface area contributed by atoms with E-state index in [4.69, 9.17) is 4.42 Å². The number of rotatable bonds is 8. The smallest absolute Gasteiger partial charge is 0.287 e. The number of thioether (sulfide) groups is 1. The molecule has 0 unspecified atom stereocenters. The van der Waals surface area contributed by atoms with Crippen LogP contribution in [0.1, 0.15) is 32.3 Å². The number of fused-ring (bicyclic) bond motifs is 1. The molecule has 4 rings (SSSR count). The summed E-state index contributed by atoms with van der Waals surface area (Å²) in [7, 11) is -3.09. The Labute approximate surface area is 194 Å². The second-order valence-electron chi connectivity index (χ2n) is 7.35. The number of benzene rings is 2. The van der Waals surface area contributed by atoms with Gasteiger partial charge in [0, 0.05) is 29.5 Å². The van der Waals surface area contributed by atoms with Crippen molar-refractivity contribution in [3.63, 3.8) is 0 Å². The van der Waals surface area contributed by atoms with Gasteiger partial charge in [-0.3, -0.25) is 4.79 Å². The number of carbonyl (C=O) groups is 1. The van der Waals surface area contributed by atoms with Crippen LogP contribution in [0.5, 0.6) is 0 Å². The first kappa shape index (κ1) is 22.5. The van der Waals surface area contributed by atoms with Gasteiger partial charge in [0.2, 0.25) is 0 Å². The summed E-state index contributed by atoms with van der Waals surface area (Å²) in [6.45, 7) is 2.21. The molecule has 0 bridgehead atoms. The Morgan fingerprint density at radius 1 is 1.09 bits per heavy atom. The number of hydrogen-bond acceptors (Lipinski definition) is 8. The Hall–Kier alpha value is -2.69. The number of carbonyl (C=O) groups excluding carboxylic acids is 1. The van der Waals surface area contributed by atoms with Crippen molar-refractivity contribution in [2.45, 2.75) is 29.3 Å². The van der Waals surface area contributed by atoms with Gasteiger partial charge in [-0.2, -0.15) is 0 Å². The predicted molar refractivity (Wildman–Crippen MR) is 127 cm³/mol. The van der Waals surface area contributed by atoms with Crippen molar-refractivity contribution in [1.29, 1.82) is 0 Å². The van der Waals surface area contributed by atoms with Gasteiger partial charge in [-0.15, -0.1) is 10.2 Å². The number of amides is 1. The molecule has 2 heterocycles. The molecular formula is C22H21N3O4S3. The van der Waals surface area contributed by atoms with Gasteiger partial charge in [0.05, 0.1) is 5.75 Å². The maximum absolute atomic E-state index is 13.0. The van der Waals surface area contributed by atoms with E-state index in [2.05, 4.69) is 15.5 Å². The van der Waals surface area contributed by atoms with Gasteiger partial charge in [0.15, 0.2) is 19.9 Å². The minimum absolute atomic E-state index is 0.00616. The summed E-state index contributed by atoms with van der Waals surface area (Å²) in [6, 6.07) is 14.7. The zero-order chi connectivity index (χ0) is 22.7. The molecule has 0 atom stereocenters. The van der Waals surface area contributed by atoms with Gasteiger partial charge in [0.25, 0.3) is 5.91 Å². The molecule has 166 valence electrons. The monoisotopic (exact) mass is 487 g/mol. The van der Waals surface area contributed by atoms with Gasteiger partial charge in [-0.05, 0) is 24.1 Å². The predicted octanol–water partition coefficient (Wildman–Crippen LogP) is 4.36. The fraction of sp³-hybridized carbons (Fsp3) is 0.227. The molecule has 0 radical (unpaired) electrons. The first-order valence-corrected chi connectivity index (χ1v) is 13.6. The molecule has 1 amide bonds. The van der Waals surface area contributed by atoms with Crippen LogP contribution in [0.4, 0.5) is 0 Å². The largest absolute Gasteiger partial charge is 0.451 e. The van der Waals surface area contributed by atoms with Crippen LogP contribution >= 0.6 is 23.1 Å². The first-order valence-electron chi connectivity index (χ1n) is 9.75. The molecule has 0 saturated heterocycles. The van der Waals surface area contributed by atoms with Crippen LogP contribution in [0.15, 0.2) is 57.3 Å². The molecule has 2 aromatic heterocycles. The lowest BCUT2D eigenvalue weighted by molar-refractivity contribution is 0.0924. The standard InChI is InChI=1S/C22H21N3O4S3/c1-14-24-25-22(31-14)30-12-18-17-5-3-4-6-19(17)29-20(18)21(26)23-11-15-7-9-16(10-8-15)13-32(2,27)28/h3-10H,11-13H2,1-2H3,(H,23,26). The van der Waals surface area contributed by atoms with Crippen LogP contribution < -0.4 is 5.32 Å². The Kier molecular flexibility index (Phi) is 6.63. The van der Waals surface area contributed by atoms with Gasteiger partial charge in [-0.1, -0.05) is 65.6 Å². The molecule has 2 aromatic carbocycles.